The fraction of sp³-hybridized carbons (Fsp3) is 0.381. The molecule has 22 heavy (non-hydrogen) atoms. The van der Waals surface area contributed by atoms with Crippen molar-refractivity contribution >= 4 is 0 Å². The van der Waals surface area contributed by atoms with Gasteiger partial charge in [-0.1, -0.05) is 75.4 Å². The van der Waals surface area contributed by atoms with Gasteiger partial charge in [-0.25, -0.2) is 0 Å². The van der Waals surface area contributed by atoms with Crippen molar-refractivity contribution in [2.75, 3.05) is 0 Å². The molecule has 0 saturated carbocycles. The van der Waals surface area contributed by atoms with Crippen LogP contribution in [0.15, 0.2) is 48.5 Å². The van der Waals surface area contributed by atoms with Gasteiger partial charge >= 0.3 is 0 Å². The molecule has 1 radical (unpaired) electrons. The molecule has 0 bridgehead atoms. The molecular weight excluding hydrogens is 268 g/mol. The molecule has 0 unspecified atom stereocenters. The Bertz CT molecular complexity index is 559. The fourth-order valence-electron chi connectivity index (χ4n) is 2.63. The zero-order valence-corrected chi connectivity index (χ0v) is 13.7. The molecule has 0 spiro atoms. The van der Waals surface area contributed by atoms with E-state index < -0.39 is 0 Å². The van der Waals surface area contributed by atoms with Crippen LogP contribution in [0.3, 0.4) is 0 Å². The van der Waals surface area contributed by atoms with E-state index in [9.17, 15) is 0 Å². The van der Waals surface area contributed by atoms with Gasteiger partial charge in [-0.3, -0.25) is 0 Å². The molecule has 0 aliphatic carbocycles. The molecule has 2 aromatic rings. The van der Waals surface area contributed by atoms with E-state index in [0.29, 0.717) is 0 Å². The maximum Gasteiger partial charge on any atom is 0.130 e. The lowest BCUT2D eigenvalue weighted by Crippen LogP contribution is -1.93. The molecule has 2 aromatic carbocycles. The van der Waals surface area contributed by atoms with E-state index in [1.807, 2.05) is 30.3 Å². The Morgan fingerprint density at radius 3 is 2.18 bits per heavy atom. The van der Waals surface area contributed by atoms with Gasteiger partial charge in [0.15, 0.2) is 0 Å². The third-order valence-corrected chi connectivity index (χ3v) is 3.96. The predicted octanol–water partition coefficient (Wildman–Crippen LogP) is 6.56. The third kappa shape index (κ3) is 5.22. The first-order chi connectivity index (χ1) is 10.8. The summed E-state index contributed by atoms with van der Waals surface area (Å²) >= 11 is 0. The van der Waals surface area contributed by atoms with Gasteiger partial charge in [-0.05, 0) is 43.0 Å². The number of hydrogen-bond donors (Lipinski definition) is 0. The molecule has 1 nitrogen and oxygen atoms in total. The lowest BCUT2D eigenvalue weighted by atomic mass is 10.0. The molecular formula is C21H27O. The van der Waals surface area contributed by atoms with Gasteiger partial charge in [-0.15, -0.1) is 0 Å². The van der Waals surface area contributed by atoms with Gasteiger partial charge in [0.05, 0.1) is 0 Å². The molecule has 0 amide bonds. The van der Waals surface area contributed by atoms with Gasteiger partial charge in [0.25, 0.3) is 0 Å². The van der Waals surface area contributed by atoms with Crippen LogP contribution in [0.2, 0.25) is 0 Å². The standard InChI is InChI=1S/C21H27O/c1-3-4-5-6-7-8-14-19-15-10-12-17-21(19)22-20-16-11-9-13-18(20)2/h9-13,15-17H,2-8,14H2,1H3. The van der Waals surface area contributed by atoms with E-state index >= 15 is 0 Å². The van der Waals surface area contributed by atoms with Gasteiger partial charge in [-0.2, -0.15) is 0 Å². The highest BCUT2D eigenvalue weighted by atomic mass is 16.5. The molecule has 0 saturated heterocycles. The van der Waals surface area contributed by atoms with Crippen LogP contribution in [0, 0.1) is 6.92 Å². The molecule has 0 aliphatic rings. The first kappa shape index (κ1) is 16.6. The van der Waals surface area contributed by atoms with E-state index in [0.717, 1.165) is 23.5 Å². The summed E-state index contributed by atoms with van der Waals surface area (Å²) in [6.07, 6.45) is 9.00. The fourth-order valence-corrected chi connectivity index (χ4v) is 2.63. The summed E-state index contributed by atoms with van der Waals surface area (Å²) in [5.74, 6) is 1.81. The minimum absolute atomic E-state index is 0.845. The molecule has 0 atom stereocenters. The smallest absolute Gasteiger partial charge is 0.130 e. The van der Waals surface area contributed by atoms with Crippen molar-refractivity contribution in [3.05, 3.63) is 66.6 Å². The second kappa shape index (κ2) is 9.30. The minimum Gasteiger partial charge on any atom is -0.457 e. The number of hydrogen-bond acceptors (Lipinski definition) is 1. The normalized spacial score (nSPS) is 10.6. The van der Waals surface area contributed by atoms with E-state index in [1.54, 1.807) is 0 Å². The van der Waals surface area contributed by atoms with E-state index in [-0.39, 0.29) is 0 Å². The van der Waals surface area contributed by atoms with Crippen molar-refractivity contribution in [3.63, 3.8) is 0 Å². The first-order valence-electron chi connectivity index (χ1n) is 8.48. The molecule has 2 rings (SSSR count). The molecule has 0 aromatic heterocycles. The summed E-state index contributed by atoms with van der Waals surface area (Å²) in [4.78, 5) is 0. The quantitative estimate of drug-likeness (QED) is 0.476. The second-order valence-corrected chi connectivity index (χ2v) is 5.84. The topological polar surface area (TPSA) is 9.23 Å². The van der Waals surface area contributed by atoms with Crippen molar-refractivity contribution in [2.24, 2.45) is 0 Å². The van der Waals surface area contributed by atoms with Crippen LogP contribution in [0.4, 0.5) is 0 Å². The molecule has 0 N–H and O–H groups in total. The summed E-state index contributed by atoms with van der Waals surface area (Å²) in [5, 5.41) is 0. The van der Waals surface area contributed by atoms with Crippen molar-refractivity contribution < 1.29 is 4.74 Å². The average molecular weight is 295 g/mol. The SMILES string of the molecule is [CH2]c1ccccc1Oc1ccccc1CCCCCCCC. The van der Waals surface area contributed by atoms with Crippen LogP contribution in [-0.4, -0.2) is 0 Å². The Balaban J connectivity index is 1.91. The van der Waals surface area contributed by atoms with Gasteiger partial charge in [0.2, 0.25) is 0 Å². The first-order valence-corrected chi connectivity index (χ1v) is 8.48. The second-order valence-electron chi connectivity index (χ2n) is 5.84. The lowest BCUT2D eigenvalue weighted by Gasteiger charge is -2.12. The maximum atomic E-state index is 6.07. The summed E-state index contributed by atoms with van der Waals surface area (Å²) in [6.45, 7) is 6.28. The highest BCUT2D eigenvalue weighted by molar-refractivity contribution is 5.42. The number of unbranched alkanes of at least 4 members (excludes halogenated alkanes) is 5. The molecule has 0 heterocycles. The zero-order valence-electron chi connectivity index (χ0n) is 13.7. The Hall–Kier alpha value is -1.76. The van der Waals surface area contributed by atoms with Crippen LogP contribution in [0.25, 0.3) is 0 Å². The Morgan fingerprint density at radius 2 is 1.41 bits per heavy atom. The Morgan fingerprint density at radius 1 is 0.773 bits per heavy atom. The number of ether oxygens (including phenoxy) is 1. The van der Waals surface area contributed by atoms with Crippen LogP contribution in [0.5, 0.6) is 11.5 Å². The van der Waals surface area contributed by atoms with Crippen LogP contribution >= 0.6 is 0 Å². The van der Waals surface area contributed by atoms with Gasteiger partial charge in [0.1, 0.15) is 11.5 Å². The summed E-state index contributed by atoms with van der Waals surface area (Å²) in [5.41, 5.74) is 2.22. The van der Waals surface area contributed by atoms with Gasteiger partial charge < -0.3 is 4.74 Å². The molecule has 0 fully saturated rings. The van der Waals surface area contributed by atoms with Crippen LogP contribution in [0.1, 0.15) is 56.6 Å². The largest absolute Gasteiger partial charge is 0.457 e. The van der Waals surface area contributed by atoms with Crippen molar-refractivity contribution in [1.82, 2.24) is 0 Å². The molecule has 0 aliphatic heterocycles. The van der Waals surface area contributed by atoms with E-state index in [4.69, 9.17) is 4.74 Å². The summed E-state index contributed by atoms with van der Waals surface area (Å²) in [6, 6.07) is 16.3. The average Bonchev–Trinajstić information content (AvgIpc) is 2.54. The number of rotatable bonds is 9. The van der Waals surface area contributed by atoms with E-state index in [1.165, 1.54) is 44.1 Å². The zero-order chi connectivity index (χ0) is 15.6. The molecule has 117 valence electrons. The number of benzene rings is 2. The van der Waals surface area contributed by atoms with Crippen molar-refractivity contribution in [3.8, 4) is 11.5 Å². The highest BCUT2D eigenvalue weighted by Gasteiger charge is 2.06. The van der Waals surface area contributed by atoms with Crippen molar-refractivity contribution in [1.29, 1.82) is 0 Å². The molecule has 1 heteroatoms. The lowest BCUT2D eigenvalue weighted by molar-refractivity contribution is 0.472. The maximum absolute atomic E-state index is 6.07. The predicted molar refractivity (Wildman–Crippen MR) is 94.5 cm³/mol. The highest BCUT2D eigenvalue weighted by Crippen LogP contribution is 2.28. The summed E-state index contributed by atoms with van der Waals surface area (Å²) < 4.78 is 6.07. The van der Waals surface area contributed by atoms with Crippen molar-refractivity contribution in [2.45, 2.75) is 51.9 Å². The van der Waals surface area contributed by atoms with Gasteiger partial charge in [0, 0.05) is 0 Å². The summed E-state index contributed by atoms with van der Waals surface area (Å²) in [7, 11) is 0. The minimum atomic E-state index is 0.845. The van der Waals surface area contributed by atoms with Crippen LogP contribution in [-0.2, 0) is 6.42 Å². The third-order valence-electron chi connectivity index (χ3n) is 3.96. The monoisotopic (exact) mass is 295 g/mol. The number of para-hydroxylation sites is 2. The van der Waals surface area contributed by atoms with E-state index in [2.05, 4.69) is 32.0 Å². The Kier molecular flexibility index (Phi) is 7.02. The van der Waals surface area contributed by atoms with Crippen LogP contribution < -0.4 is 4.74 Å². The Labute approximate surface area is 135 Å². The number of aryl methyl sites for hydroxylation is 1.